The Hall–Kier alpha value is -3.75. The van der Waals surface area contributed by atoms with Crippen LogP contribution in [0.25, 0.3) is 0 Å². The monoisotopic (exact) mass is 442 g/mol. The fraction of sp³-hybridized carbons (Fsp3) is 0.348. The molecule has 0 aliphatic heterocycles. The smallest absolute Gasteiger partial charge is 0.325 e. The Labute approximate surface area is 185 Å². The second kappa shape index (κ2) is 11.0. The maximum absolute atomic E-state index is 13.1. The van der Waals surface area contributed by atoms with Crippen molar-refractivity contribution in [2.24, 2.45) is 5.41 Å². The van der Waals surface area contributed by atoms with Crippen LogP contribution in [0.4, 0.5) is 5.69 Å². The molecule has 0 heterocycles. The van der Waals surface area contributed by atoms with E-state index in [0.717, 1.165) is 0 Å². The molecule has 1 atom stereocenters. The van der Waals surface area contributed by atoms with Crippen LogP contribution in [0.3, 0.4) is 0 Å². The molecule has 2 aromatic rings. The van der Waals surface area contributed by atoms with Gasteiger partial charge in [0.15, 0.2) is 5.41 Å². The van der Waals surface area contributed by atoms with Gasteiger partial charge < -0.3 is 14.8 Å². The molecule has 1 unspecified atom stereocenters. The third kappa shape index (κ3) is 5.11. The molecule has 0 saturated heterocycles. The molecule has 0 radical (unpaired) electrons. The number of hydrogen-bond donors (Lipinski definition) is 1. The molecular formula is C23H26N2O7. The summed E-state index contributed by atoms with van der Waals surface area (Å²) >= 11 is 0. The van der Waals surface area contributed by atoms with E-state index in [1.807, 2.05) is 0 Å². The van der Waals surface area contributed by atoms with E-state index in [9.17, 15) is 24.5 Å². The summed E-state index contributed by atoms with van der Waals surface area (Å²) < 4.78 is 10.4. The standard InChI is InChI=1S/C23H26N2O7/c1-4-23(21(27)31-5-2,22(28)32-6-3)19(16-12-14-18(15-13-16)25(29)30)24-20(26)17-10-8-7-9-11-17/h7-15,19H,4-6H2,1-3H3,(H,24,26). The van der Waals surface area contributed by atoms with Crippen molar-refractivity contribution >= 4 is 23.5 Å². The van der Waals surface area contributed by atoms with Crippen LogP contribution >= 0.6 is 0 Å². The molecule has 32 heavy (non-hydrogen) atoms. The van der Waals surface area contributed by atoms with E-state index >= 15 is 0 Å². The number of nitro groups is 1. The van der Waals surface area contributed by atoms with E-state index in [4.69, 9.17) is 9.47 Å². The molecule has 1 amide bonds. The van der Waals surface area contributed by atoms with Crippen molar-refractivity contribution in [1.29, 1.82) is 0 Å². The van der Waals surface area contributed by atoms with E-state index < -0.39 is 34.2 Å². The molecule has 170 valence electrons. The molecule has 0 fully saturated rings. The minimum atomic E-state index is -1.90. The molecule has 0 saturated carbocycles. The fourth-order valence-corrected chi connectivity index (χ4v) is 3.42. The number of ether oxygens (including phenoxy) is 2. The fourth-order valence-electron chi connectivity index (χ4n) is 3.42. The van der Waals surface area contributed by atoms with Gasteiger partial charge in [-0.15, -0.1) is 0 Å². The van der Waals surface area contributed by atoms with Crippen molar-refractivity contribution in [2.75, 3.05) is 13.2 Å². The van der Waals surface area contributed by atoms with Crippen molar-refractivity contribution in [3.8, 4) is 0 Å². The number of nitrogens with one attached hydrogen (secondary N) is 1. The van der Waals surface area contributed by atoms with Crippen molar-refractivity contribution in [1.82, 2.24) is 5.32 Å². The number of non-ortho nitro benzene ring substituents is 1. The number of nitrogens with zero attached hydrogens (tertiary/aromatic N) is 1. The molecule has 0 bridgehead atoms. The first-order valence-electron chi connectivity index (χ1n) is 10.3. The SMILES string of the molecule is CCOC(=O)C(CC)(C(=O)OCC)C(NC(=O)c1ccccc1)c1ccc([N+](=O)[O-])cc1. The Morgan fingerprint density at radius 2 is 1.47 bits per heavy atom. The van der Waals surface area contributed by atoms with Crippen LogP contribution in [-0.4, -0.2) is 36.0 Å². The summed E-state index contributed by atoms with van der Waals surface area (Å²) in [5, 5.41) is 13.8. The highest BCUT2D eigenvalue weighted by Crippen LogP contribution is 2.41. The Balaban J connectivity index is 2.65. The third-order valence-corrected chi connectivity index (χ3v) is 5.08. The van der Waals surface area contributed by atoms with E-state index in [1.54, 1.807) is 51.1 Å². The van der Waals surface area contributed by atoms with Crippen molar-refractivity contribution in [2.45, 2.75) is 33.2 Å². The zero-order chi connectivity index (χ0) is 23.7. The van der Waals surface area contributed by atoms with Crippen LogP contribution in [0.2, 0.25) is 0 Å². The number of benzene rings is 2. The second-order valence-corrected chi connectivity index (χ2v) is 6.89. The molecule has 2 rings (SSSR count). The Kier molecular flexibility index (Phi) is 8.46. The predicted octanol–water partition coefficient (Wildman–Crippen LogP) is 3.59. The molecule has 2 aromatic carbocycles. The first kappa shape index (κ1) is 24.5. The van der Waals surface area contributed by atoms with Crippen LogP contribution < -0.4 is 5.32 Å². The molecular weight excluding hydrogens is 416 g/mol. The summed E-state index contributed by atoms with van der Waals surface area (Å²) in [4.78, 5) is 49.8. The normalized spacial score (nSPS) is 11.8. The second-order valence-electron chi connectivity index (χ2n) is 6.89. The summed E-state index contributed by atoms with van der Waals surface area (Å²) in [6.45, 7) is 4.85. The van der Waals surface area contributed by atoms with Gasteiger partial charge in [-0.25, -0.2) is 0 Å². The van der Waals surface area contributed by atoms with Gasteiger partial charge in [-0.2, -0.15) is 0 Å². The largest absolute Gasteiger partial charge is 0.465 e. The number of carbonyl (C=O) groups excluding carboxylic acids is 3. The van der Waals surface area contributed by atoms with E-state index in [0.29, 0.717) is 11.1 Å². The highest BCUT2D eigenvalue weighted by molar-refractivity contribution is 6.03. The molecule has 0 aliphatic rings. The van der Waals surface area contributed by atoms with Crippen molar-refractivity contribution in [3.63, 3.8) is 0 Å². The summed E-state index contributed by atoms with van der Waals surface area (Å²) in [5.41, 5.74) is -1.43. The number of amides is 1. The molecule has 0 aliphatic carbocycles. The van der Waals surface area contributed by atoms with Crippen LogP contribution in [0, 0.1) is 15.5 Å². The van der Waals surface area contributed by atoms with Gasteiger partial charge in [0.1, 0.15) is 0 Å². The lowest BCUT2D eigenvalue weighted by molar-refractivity contribution is -0.384. The molecule has 9 nitrogen and oxygen atoms in total. The van der Waals surface area contributed by atoms with Gasteiger partial charge in [-0.1, -0.05) is 37.3 Å². The topological polar surface area (TPSA) is 125 Å². The van der Waals surface area contributed by atoms with E-state index in [-0.39, 0.29) is 25.3 Å². The highest BCUT2D eigenvalue weighted by Gasteiger charge is 2.55. The van der Waals surface area contributed by atoms with Crippen LogP contribution in [0.5, 0.6) is 0 Å². The zero-order valence-electron chi connectivity index (χ0n) is 18.2. The number of esters is 2. The first-order chi connectivity index (χ1) is 15.3. The van der Waals surface area contributed by atoms with Crippen LogP contribution in [0.15, 0.2) is 54.6 Å². The Morgan fingerprint density at radius 1 is 0.938 bits per heavy atom. The van der Waals surface area contributed by atoms with E-state index in [1.165, 1.54) is 24.3 Å². The van der Waals surface area contributed by atoms with Crippen molar-refractivity contribution < 1.29 is 28.8 Å². The summed E-state index contributed by atoms with van der Waals surface area (Å²) in [6, 6.07) is 12.4. The molecule has 9 heteroatoms. The molecule has 1 N–H and O–H groups in total. The number of hydrogen-bond acceptors (Lipinski definition) is 7. The maximum Gasteiger partial charge on any atom is 0.325 e. The lowest BCUT2D eigenvalue weighted by atomic mass is 9.74. The number of carbonyl (C=O) groups is 3. The van der Waals surface area contributed by atoms with Gasteiger partial charge in [-0.05, 0) is 38.0 Å². The minimum Gasteiger partial charge on any atom is -0.465 e. The minimum absolute atomic E-state index is 0.0135. The quantitative estimate of drug-likeness (QED) is 0.258. The Bertz CT molecular complexity index is 940. The van der Waals surface area contributed by atoms with Crippen LogP contribution in [0.1, 0.15) is 49.2 Å². The summed E-state index contributed by atoms with van der Waals surface area (Å²) in [5.74, 6) is -2.23. The molecule has 0 aromatic heterocycles. The Morgan fingerprint density at radius 3 is 1.91 bits per heavy atom. The lowest BCUT2D eigenvalue weighted by Crippen LogP contribution is -2.52. The number of nitro benzene ring substituents is 1. The zero-order valence-corrected chi connectivity index (χ0v) is 18.2. The van der Waals surface area contributed by atoms with Gasteiger partial charge in [0.25, 0.3) is 11.6 Å². The van der Waals surface area contributed by atoms with Gasteiger partial charge in [0.05, 0.1) is 24.2 Å². The van der Waals surface area contributed by atoms with Crippen molar-refractivity contribution in [3.05, 3.63) is 75.8 Å². The molecule has 0 spiro atoms. The van der Waals surface area contributed by atoms with Gasteiger partial charge >= 0.3 is 11.9 Å². The van der Waals surface area contributed by atoms with Gasteiger partial charge in [-0.3, -0.25) is 24.5 Å². The highest BCUT2D eigenvalue weighted by atomic mass is 16.6. The average Bonchev–Trinajstić information content (AvgIpc) is 2.80. The average molecular weight is 442 g/mol. The first-order valence-corrected chi connectivity index (χ1v) is 10.3. The predicted molar refractivity (Wildman–Crippen MR) is 116 cm³/mol. The van der Waals surface area contributed by atoms with Gasteiger partial charge in [0.2, 0.25) is 0 Å². The maximum atomic E-state index is 13.1. The van der Waals surface area contributed by atoms with E-state index in [2.05, 4.69) is 5.32 Å². The number of rotatable bonds is 10. The van der Waals surface area contributed by atoms with Crippen LogP contribution in [-0.2, 0) is 19.1 Å². The summed E-state index contributed by atoms with van der Waals surface area (Å²) in [7, 11) is 0. The lowest BCUT2D eigenvalue weighted by Gasteiger charge is -2.36. The van der Waals surface area contributed by atoms with Gasteiger partial charge in [0, 0.05) is 17.7 Å². The third-order valence-electron chi connectivity index (χ3n) is 5.08. The summed E-state index contributed by atoms with van der Waals surface area (Å²) in [6.07, 6.45) is -0.0403.